The summed E-state index contributed by atoms with van der Waals surface area (Å²) in [5.41, 5.74) is 1.18. The standard InChI is InChI=1S/C12H17N3/c1-10(2)9-15-8-7-14-12(15)11-3-5-13-6-4-11/h3-6,10H,7-9H2,1-2H3. The van der Waals surface area contributed by atoms with Crippen LogP contribution < -0.4 is 0 Å². The Balaban J connectivity index is 2.15. The van der Waals surface area contributed by atoms with Gasteiger partial charge in [0, 0.05) is 31.0 Å². The number of rotatable bonds is 3. The van der Waals surface area contributed by atoms with E-state index in [1.54, 1.807) is 0 Å². The summed E-state index contributed by atoms with van der Waals surface area (Å²) < 4.78 is 0. The highest BCUT2D eigenvalue weighted by molar-refractivity contribution is 5.99. The molecular weight excluding hydrogens is 186 g/mol. The molecule has 0 saturated carbocycles. The molecular formula is C12H17N3. The molecule has 0 aromatic carbocycles. The Morgan fingerprint density at radius 1 is 1.33 bits per heavy atom. The first-order chi connectivity index (χ1) is 7.27. The van der Waals surface area contributed by atoms with E-state index >= 15 is 0 Å². The summed E-state index contributed by atoms with van der Waals surface area (Å²) in [5, 5.41) is 0. The number of nitrogens with zero attached hydrogens (tertiary/aromatic N) is 3. The van der Waals surface area contributed by atoms with Crippen LogP contribution in [0, 0.1) is 5.92 Å². The van der Waals surface area contributed by atoms with Crippen LogP contribution in [-0.4, -0.2) is 35.4 Å². The first-order valence-electron chi connectivity index (χ1n) is 5.47. The average Bonchev–Trinajstić information content (AvgIpc) is 2.66. The number of aromatic nitrogens is 1. The number of amidine groups is 1. The molecule has 0 amide bonds. The molecule has 0 unspecified atom stereocenters. The van der Waals surface area contributed by atoms with Crippen molar-refractivity contribution in [1.29, 1.82) is 0 Å². The third kappa shape index (κ3) is 2.35. The zero-order chi connectivity index (χ0) is 10.7. The van der Waals surface area contributed by atoms with Crippen LogP contribution in [0.5, 0.6) is 0 Å². The van der Waals surface area contributed by atoms with Crippen molar-refractivity contribution in [3.63, 3.8) is 0 Å². The molecule has 15 heavy (non-hydrogen) atoms. The van der Waals surface area contributed by atoms with Crippen molar-refractivity contribution in [2.24, 2.45) is 10.9 Å². The van der Waals surface area contributed by atoms with E-state index in [1.165, 1.54) is 5.56 Å². The van der Waals surface area contributed by atoms with Crippen LogP contribution in [0.4, 0.5) is 0 Å². The maximum atomic E-state index is 4.56. The topological polar surface area (TPSA) is 28.5 Å². The van der Waals surface area contributed by atoms with Crippen LogP contribution >= 0.6 is 0 Å². The van der Waals surface area contributed by atoms with E-state index in [-0.39, 0.29) is 0 Å². The van der Waals surface area contributed by atoms with Gasteiger partial charge < -0.3 is 4.90 Å². The summed E-state index contributed by atoms with van der Waals surface area (Å²) >= 11 is 0. The van der Waals surface area contributed by atoms with Crippen LogP contribution in [0.3, 0.4) is 0 Å². The zero-order valence-electron chi connectivity index (χ0n) is 9.35. The molecule has 2 rings (SSSR count). The van der Waals surface area contributed by atoms with E-state index in [0.717, 1.165) is 25.5 Å². The fraction of sp³-hybridized carbons (Fsp3) is 0.500. The van der Waals surface area contributed by atoms with Crippen molar-refractivity contribution >= 4 is 5.84 Å². The molecule has 3 nitrogen and oxygen atoms in total. The summed E-state index contributed by atoms with van der Waals surface area (Å²) in [6.45, 7) is 7.53. The molecule has 0 spiro atoms. The number of hydrogen-bond donors (Lipinski definition) is 0. The normalized spacial score (nSPS) is 15.9. The molecule has 3 heteroatoms. The lowest BCUT2D eigenvalue weighted by molar-refractivity contribution is 0.394. The Hall–Kier alpha value is -1.38. The van der Waals surface area contributed by atoms with Crippen molar-refractivity contribution < 1.29 is 0 Å². The molecule has 1 aliphatic rings. The molecule has 0 aliphatic carbocycles. The van der Waals surface area contributed by atoms with Gasteiger partial charge in [0.05, 0.1) is 6.54 Å². The fourth-order valence-corrected chi connectivity index (χ4v) is 1.88. The van der Waals surface area contributed by atoms with Gasteiger partial charge in [-0.1, -0.05) is 13.8 Å². The molecule has 0 fully saturated rings. The second-order valence-corrected chi connectivity index (χ2v) is 4.28. The second kappa shape index (κ2) is 4.43. The minimum absolute atomic E-state index is 0.676. The molecule has 2 heterocycles. The minimum atomic E-state index is 0.676. The molecule has 80 valence electrons. The van der Waals surface area contributed by atoms with Gasteiger partial charge in [-0.05, 0) is 18.1 Å². The van der Waals surface area contributed by atoms with Gasteiger partial charge in [-0.15, -0.1) is 0 Å². The maximum Gasteiger partial charge on any atom is 0.131 e. The van der Waals surface area contributed by atoms with E-state index in [0.29, 0.717) is 5.92 Å². The van der Waals surface area contributed by atoms with Crippen molar-refractivity contribution in [2.45, 2.75) is 13.8 Å². The molecule has 1 aromatic heterocycles. The van der Waals surface area contributed by atoms with E-state index < -0.39 is 0 Å². The van der Waals surface area contributed by atoms with Gasteiger partial charge in [-0.25, -0.2) is 0 Å². The lowest BCUT2D eigenvalue weighted by atomic mass is 10.2. The predicted octanol–water partition coefficient (Wildman–Crippen LogP) is 1.80. The first-order valence-corrected chi connectivity index (χ1v) is 5.47. The highest BCUT2D eigenvalue weighted by atomic mass is 15.2. The minimum Gasteiger partial charge on any atom is -0.354 e. The highest BCUT2D eigenvalue weighted by Gasteiger charge is 2.18. The largest absolute Gasteiger partial charge is 0.354 e. The quantitative estimate of drug-likeness (QED) is 0.749. The Kier molecular flexibility index (Phi) is 2.99. The van der Waals surface area contributed by atoms with Crippen LogP contribution in [-0.2, 0) is 0 Å². The smallest absolute Gasteiger partial charge is 0.131 e. The van der Waals surface area contributed by atoms with Gasteiger partial charge in [0.15, 0.2) is 0 Å². The SMILES string of the molecule is CC(C)CN1CCN=C1c1ccncc1. The molecule has 1 aromatic rings. The molecule has 0 bridgehead atoms. The maximum absolute atomic E-state index is 4.56. The van der Waals surface area contributed by atoms with Gasteiger partial charge in [0.2, 0.25) is 0 Å². The van der Waals surface area contributed by atoms with Crippen LogP contribution in [0.15, 0.2) is 29.5 Å². The monoisotopic (exact) mass is 203 g/mol. The van der Waals surface area contributed by atoms with Crippen molar-refractivity contribution in [1.82, 2.24) is 9.88 Å². The highest BCUT2D eigenvalue weighted by Crippen LogP contribution is 2.12. The third-order valence-electron chi connectivity index (χ3n) is 2.46. The van der Waals surface area contributed by atoms with Crippen molar-refractivity contribution in [3.8, 4) is 0 Å². The molecule has 0 radical (unpaired) electrons. The van der Waals surface area contributed by atoms with E-state index in [1.807, 2.05) is 24.5 Å². The summed E-state index contributed by atoms with van der Waals surface area (Å²) in [5.74, 6) is 1.81. The van der Waals surface area contributed by atoms with E-state index in [4.69, 9.17) is 0 Å². The summed E-state index contributed by atoms with van der Waals surface area (Å²) in [7, 11) is 0. The summed E-state index contributed by atoms with van der Waals surface area (Å²) in [4.78, 5) is 10.9. The zero-order valence-corrected chi connectivity index (χ0v) is 9.35. The first kappa shape index (κ1) is 10.1. The number of aliphatic imine (C=N–C) groups is 1. The number of hydrogen-bond acceptors (Lipinski definition) is 3. The second-order valence-electron chi connectivity index (χ2n) is 4.28. The summed E-state index contributed by atoms with van der Waals surface area (Å²) in [6.07, 6.45) is 3.65. The summed E-state index contributed by atoms with van der Waals surface area (Å²) in [6, 6.07) is 4.05. The van der Waals surface area contributed by atoms with Gasteiger partial charge in [-0.2, -0.15) is 0 Å². The molecule has 0 atom stereocenters. The molecule has 0 saturated heterocycles. The Bertz CT molecular complexity index is 343. The Morgan fingerprint density at radius 3 is 2.73 bits per heavy atom. The Labute approximate surface area is 90.9 Å². The van der Waals surface area contributed by atoms with Gasteiger partial charge >= 0.3 is 0 Å². The number of pyridine rings is 1. The lowest BCUT2D eigenvalue weighted by Gasteiger charge is -2.22. The average molecular weight is 203 g/mol. The van der Waals surface area contributed by atoms with Crippen LogP contribution in [0.25, 0.3) is 0 Å². The van der Waals surface area contributed by atoms with Crippen LogP contribution in [0.2, 0.25) is 0 Å². The van der Waals surface area contributed by atoms with Gasteiger partial charge in [0.25, 0.3) is 0 Å². The molecule has 1 aliphatic heterocycles. The van der Waals surface area contributed by atoms with Gasteiger partial charge in [-0.3, -0.25) is 9.98 Å². The Morgan fingerprint density at radius 2 is 2.07 bits per heavy atom. The van der Waals surface area contributed by atoms with Crippen molar-refractivity contribution in [3.05, 3.63) is 30.1 Å². The fourth-order valence-electron chi connectivity index (χ4n) is 1.88. The van der Waals surface area contributed by atoms with Gasteiger partial charge in [0.1, 0.15) is 5.84 Å². The molecule has 0 N–H and O–H groups in total. The van der Waals surface area contributed by atoms with Crippen molar-refractivity contribution in [2.75, 3.05) is 19.6 Å². The third-order valence-corrected chi connectivity index (χ3v) is 2.46. The lowest BCUT2D eigenvalue weighted by Crippen LogP contribution is -2.31. The van der Waals surface area contributed by atoms with Crippen LogP contribution in [0.1, 0.15) is 19.4 Å². The van der Waals surface area contributed by atoms with E-state index in [2.05, 4.69) is 28.7 Å². The predicted molar refractivity (Wildman–Crippen MR) is 62.1 cm³/mol. The van der Waals surface area contributed by atoms with E-state index in [9.17, 15) is 0 Å².